The van der Waals surface area contributed by atoms with E-state index in [0.717, 1.165) is 5.30 Å². The van der Waals surface area contributed by atoms with E-state index in [1.54, 1.807) is 59.0 Å². The minimum absolute atomic E-state index is 0.0191. The van der Waals surface area contributed by atoms with Gasteiger partial charge in [0.25, 0.3) is 5.91 Å². The summed E-state index contributed by atoms with van der Waals surface area (Å²) in [5, 5.41) is 7.17. The maximum atomic E-state index is 12.9. The number of amidine groups is 1. The van der Waals surface area contributed by atoms with E-state index >= 15 is 0 Å². The molecule has 0 fully saturated rings. The molecule has 10 nitrogen and oxygen atoms in total. The third kappa shape index (κ3) is 13.8. The van der Waals surface area contributed by atoms with Gasteiger partial charge in [-0.2, -0.15) is 0 Å². The number of benzene rings is 1. The Morgan fingerprint density at radius 3 is 2.39 bits per heavy atom. The number of allylic oxidation sites excluding steroid dienone is 5. The second-order valence-corrected chi connectivity index (χ2v) is 16.6. The van der Waals surface area contributed by atoms with Crippen molar-refractivity contribution in [3.05, 3.63) is 70.4 Å². The number of nitrogens with one attached hydrogen (secondary N) is 2. The first kappa shape index (κ1) is 39.0. The molecule has 0 atom stereocenters. The van der Waals surface area contributed by atoms with Crippen LogP contribution < -0.4 is 15.9 Å². The zero-order valence-electron chi connectivity index (χ0n) is 27.3. The number of methoxy groups -OCH3 is 1. The molecular formula is C31H47ClN5O5PS. The highest BCUT2D eigenvalue weighted by Crippen LogP contribution is 2.37. The number of hydrogen-bond acceptors (Lipinski definition) is 8. The fourth-order valence-corrected chi connectivity index (χ4v) is 5.75. The highest BCUT2D eigenvalue weighted by molar-refractivity contribution is 7.91. The Hall–Kier alpha value is -2.98. The van der Waals surface area contributed by atoms with Crippen LogP contribution in [0, 0.1) is 0 Å². The number of carbonyl (C=O) groups excluding carboxylic acids is 1. The number of nitrogens with zero attached hydrogens (tertiary/aromatic N) is 3. The predicted octanol–water partition coefficient (Wildman–Crippen LogP) is 5.52. The Labute approximate surface area is 268 Å². The molecule has 0 saturated heterocycles. The van der Waals surface area contributed by atoms with Crippen molar-refractivity contribution < 1.29 is 22.5 Å². The summed E-state index contributed by atoms with van der Waals surface area (Å²) in [4.78, 5) is 23.6. The maximum Gasteiger partial charge on any atom is 0.252 e. The van der Waals surface area contributed by atoms with Crippen LogP contribution in [0.4, 0.5) is 5.69 Å². The third-order valence-electron chi connectivity index (χ3n) is 6.45. The lowest BCUT2D eigenvalue weighted by Gasteiger charge is -2.18. The largest absolute Gasteiger partial charge is 0.499 e. The van der Waals surface area contributed by atoms with E-state index in [2.05, 4.69) is 27.2 Å². The molecule has 244 valence electrons. The van der Waals surface area contributed by atoms with Crippen molar-refractivity contribution in [2.24, 2.45) is 9.98 Å². The molecule has 0 heterocycles. The van der Waals surface area contributed by atoms with Gasteiger partial charge >= 0.3 is 0 Å². The van der Waals surface area contributed by atoms with Crippen molar-refractivity contribution in [2.45, 2.75) is 41.0 Å². The molecular weight excluding hydrogens is 621 g/mol. The van der Waals surface area contributed by atoms with Crippen molar-refractivity contribution in [1.82, 2.24) is 10.2 Å². The van der Waals surface area contributed by atoms with Gasteiger partial charge in [-0.1, -0.05) is 44.2 Å². The number of halogens is 1. The molecule has 0 aliphatic heterocycles. The summed E-state index contributed by atoms with van der Waals surface area (Å²) in [6, 6.07) is 7.39. The summed E-state index contributed by atoms with van der Waals surface area (Å²) in [5.41, 5.74) is 2.68. The summed E-state index contributed by atoms with van der Waals surface area (Å²) in [6.07, 6.45) is 3.67. The van der Waals surface area contributed by atoms with E-state index in [9.17, 15) is 17.8 Å². The first-order valence-electron chi connectivity index (χ1n) is 14.1. The lowest BCUT2D eigenvalue weighted by Crippen LogP contribution is -2.33. The Bertz CT molecular complexity index is 1510. The highest BCUT2D eigenvalue weighted by Gasteiger charge is 2.16. The summed E-state index contributed by atoms with van der Waals surface area (Å²) < 4.78 is 41.7. The molecule has 13 heteroatoms. The summed E-state index contributed by atoms with van der Waals surface area (Å²) in [6.45, 7) is 16.6. The number of carbonyl (C=O) groups is 1. The SMILES string of the molecule is C=C(CN(C)CCS(=O)(=O)CC)C(=O)N/C(=C/C(N=C(C)N=CC(Cl)=C(C)Nc1ccccc1P(C)(C)=O)=C(C)OC)CC. The first-order chi connectivity index (χ1) is 20.4. The van der Waals surface area contributed by atoms with E-state index in [0.29, 0.717) is 57.9 Å². The number of amides is 1. The topological polar surface area (TPSA) is 130 Å². The van der Waals surface area contributed by atoms with E-state index in [1.807, 2.05) is 31.2 Å². The lowest BCUT2D eigenvalue weighted by molar-refractivity contribution is -0.117. The molecule has 0 spiro atoms. The van der Waals surface area contributed by atoms with Crippen LogP contribution in [-0.2, 0) is 23.9 Å². The van der Waals surface area contributed by atoms with Crippen LogP contribution in [0.5, 0.6) is 0 Å². The Balaban J connectivity index is 3.09. The van der Waals surface area contributed by atoms with Gasteiger partial charge in [0.2, 0.25) is 0 Å². The van der Waals surface area contributed by atoms with Gasteiger partial charge in [-0.3, -0.25) is 4.79 Å². The molecule has 0 unspecified atom stereocenters. The number of anilines is 1. The van der Waals surface area contributed by atoms with Crippen LogP contribution in [0.1, 0.15) is 41.0 Å². The van der Waals surface area contributed by atoms with E-state index < -0.39 is 17.0 Å². The van der Waals surface area contributed by atoms with Crippen molar-refractivity contribution in [3.63, 3.8) is 0 Å². The van der Waals surface area contributed by atoms with Crippen LogP contribution in [0.25, 0.3) is 0 Å². The molecule has 0 radical (unpaired) electrons. The van der Waals surface area contributed by atoms with Crippen LogP contribution in [0.3, 0.4) is 0 Å². The molecule has 44 heavy (non-hydrogen) atoms. The van der Waals surface area contributed by atoms with Crippen molar-refractivity contribution in [3.8, 4) is 0 Å². The van der Waals surface area contributed by atoms with Gasteiger partial charge in [-0.05, 0) is 65.8 Å². The normalized spacial score (nSPS) is 14.3. The Morgan fingerprint density at radius 2 is 1.82 bits per heavy atom. The molecule has 2 N–H and O–H groups in total. The number of sulfone groups is 1. The van der Waals surface area contributed by atoms with Gasteiger partial charge in [0.05, 0.1) is 17.9 Å². The van der Waals surface area contributed by atoms with Crippen LogP contribution in [0.2, 0.25) is 0 Å². The minimum Gasteiger partial charge on any atom is -0.499 e. The molecule has 1 amide bonds. The zero-order valence-corrected chi connectivity index (χ0v) is 29.8. The number of ether oxygens (including phenoxy) is 1. The quantitative estimate of drug-likeness (QED) is 0.0593. The van der Waals surface area contributed by atoms with Gasteiger partial charge in [0, 0.05) is 53.0 Å². The standard InChI is InChI=1S/C31H47ClN5O5PS/c1-11-26(36-31(38)22(3)21-37(7)17-18-44(40,41)12-2)19-29(24(5)42-8)35-25(6)33-20-27(32)23(4)34-28-15-13-14-16-30(28)43(9,10)39/h13-16,19-20,34H,3,11-12,17-18,21H2,1-2,4-10H3,(H,36,38)/b26-19+,27-23?,29-24?,33-20?,35-25?. The van der Waals surface area contributed by atoms with Crippen LogP contribution in [-0.4, -0.2) is 83.4 Å². The second-order valence-electron chi connectivity index (χ2n) is 10.6. The van der Waals surface area contributed by atoms with Crippen LogP contribution in [0.15, 0.2) is 80.4 Å². The molecule has 0 bridgehead atoms. The number of rotatable bonds is 16. The van der Waals surface area contributed by atoms with E-state index in [1.165, 1.54) is 13.3 Å². The molecule has 0 aliphatic carbocycles. The lowest BCUT2D eigenvalue weighted by atomic mass is 10.2. The molecule has 0 aliphatic rings. The molecule has 1 aromatic rings. The summed E-state index contributed by atoms with van der Waals surface area (Å²) >= 11 is 6.50. The third-order valence-corrected chi connectivity index (χ3v) is 10.1. The molecule has 0 aromatic heterocycles. The summed E-state index contributed by atoms with van der Waals surface area (Å²) in [5.74, 6) is 0.622. The molecule has 1 rings (SSSR count). The first-order valence-corrected chi connectivity index (χ1v) is 18.9. The van der Waals surface area contributed by atoms with Crippen molar-refractivity contribution in [2.75, 3.05) is 57.4 Å². The van der Waals surface area contributed by atoms with Crippen molar-refractivity contribution in [1.29, 1.82) is 0 Å². The van der Waals surface area contributed by atoms with Gasteiger partial charge in [-0.15, -0.1) is 0 Å². The molecule has 1 aromatic carbocycles. The highest BCUT2D eigenvalue weighted by atomic mass is 35.5. The van der Waals surface area contributed by atoms with Gasteiger partial charge in [0.1, 0.15) is 24.4 Å². The maximum absolute atomic E-state index is 12.9. The number of aliphatic imine (C=N–C) groups is 2. The minimum atomic E-state index is -3.10. The van der Waals surface area contributed by atoms with Gasteiger partial charge in [-0.25, -0.2) is 18.4 Å². The predicted molar refractivity (Wildman–Crippen MR) is 186 cm³/mol. The van der Waals surface area contributed by atoms with Gasteiger partial charge in [0.15, 0.2) is 9.84 Å². The van der Waals surface area contributed by atoms with Gasteiger partial charge < -0.3 is 24.8 Å². The monoisotopic (exact) mass is 667 g/mol. The van der Waals surface area contributed by atoms with E-state index in [-0.39, 0.29) is 24.0 Å². The number of hydrogen-bond donors (Lipinski definition) is 2. The average Bonchev–Trinajstić information content (AvgIpc) is 2.97. The fourth-order valence-electron chi connectivity index (χ4n) is 3.62. The summed E-state index contributed by atoms with van der Waals surface area (Å²) in [7, 11) is -2.34. The smallest absolute Gasteiger partial charge is 0.252 e. The Kier molecular flexibility index (Phi) is 16.1. The van der Waals surface area contributed by atoms with Crippen LogP contribution >= 0.6 is 18.7 Å². The Morgan fingerprint density at radius 1 is 1.18 bits per heavy atom. The average molecular weight is 668 g/mol. The van der Waals surface area contributed by atoms with Crippen molar-refractivity contribution >= 4 is 57.5 Å². The number of likely N-dealkylation sites (N-methyl/N-ethyl adjacent to an activating group) is 1. The fraction of sp³-hybridized carbons (Fsp3) is 0.452. The molecule has 0 saturated carbocycles. The number of para-hydroxylation sites is 1. The zero-order chi connectivity index (χ0) is 33.7. The van der Waals surface area contributed by atoms with E-state index in [4.69, 9.17) is 16.3 Å². The second kappa shape index (κ2) is 18.1.